The molecule has 0 saturated carbocycles. The summed E-state index contributed by atoms with van der Waals surface area (Å²) in [5.41, 5.74) is 3.27. The lowest BCUT2D eigenvalue weighted by Crippen LogP contribution is -2.29. The minimum Gasteiger partial charge on any atom is -0.507 e. The minimum atomic E-state index is -0.883. The number of methoxy groups -OCH3 is 1. The van der Waals surface area contributed by atoms with E-state index >= 15 is 0 Å². The Kier molecular flexibility index (Phi) is 6.48. The number of ether oxygens (including phenoxy) is 1. The van der Waals surface area contributed by atoms with Gasteiger partial charge in [0.1, 0.15) is 17.6 Å². The number of anilines is 1. The number of rotatable bonds is 5. The Morgan fingerprint density at radius 2 is 1.77 bits per heavy atom. The molecule has 1 unspecified atom stereocenters. The van der Waals surface area contributed by atoms with E-state index < -0.39 is 17.7 Å². The molecule has 1 saturated heterocycles. The molecule has 1 N–H and O–H groups in total. The number of benzene rings is 2. The molecule has 6 heteroatoms. The number of pyridine rings is 1. The largest absolute Gasteiger partial charge is 0.507 e. The van der Waals surface area contributed by atoms with Gasteiger partial charge in [-0.05, 0) is 59.4 Å². The van der Waals surface area contributed by atoms with E-state index in [1.165, 1.54) is 12.0 Å². The van der Waals surface area contributed by atoms with Gasteiger partial charge in [0.2, 0.25) is 0 Å². The van der Waals surface area contributed by atoms with E-state index in [-0.39, 0.29) is 16.7 Å². The van der Waals surface area contributed by atoms with Crippen LogP contribution in [0, 0.1) is 0 Å². The van der Waals surface area contributed by atoms with Crippen LogP contribution in [-0.2, 0) is 21.4 Å². The predicted molar refractivity (Wildman–Crippen MR) is 137 cm³/mol. The molecule has 1 atom stereocenters. The summed E-state index contributed by atoms with van der Waals surface area (Å²) in [6.07, 6.45) is 2.46. The first-order valence-electron chi connectivity index (χ1n) is 11.7. The van der Waals surface area contributed by atoms with Crippen LogP contribution in [0.2, 0.25) is 0 Å². The van der Waals surface area contributed by atoms with Gasteiger partial charge >= 0.3 is 0 Å². The molecule has 35 heavy (non-hydrogen) atoms. The van der Waals surface area contributed by atoms with Gasteiger partial charge in [0, 0.05) is 11.9 Å². The standard InChI is InChI=1S/C29H30N2O4/c1-6-18-10-13-20(14-11-18)31-25(22-9-7-8-16-30-22)24(27(33)28(31)34)26(32)21-17-19(29(2,3)4)12-15-23(21)35-5/h7-17,25,32H,6H2,1-5H3/b26-24+. The summed E-state index contributed by atoms with van der Waals surface area (Å²) in [6.45, 7) is 8.23. The van der Waals surface area contributed by atoms with E-state index in [2.05, 4.69) is 25.8 Å². The summed E-state index contributed by atoms with van der Waals surface area (Å²) in [7, 11) is 1.51. The average molecular weight is 471 g/mol. The third-order valence-corrected chi connectivity index (χ3v) is 6.36. The average Bonchev–Trinajstić information content (AvgIpc) is 3.13. The molecule has 0 spiro atoms. The van der Waals surface area contributed by atoms with E-state index in [9.17, 15) is 14.7 Å². The van der Waals surface area contributed by atoms with Crippen molar-refractivity contribution < 1.29 is 19.4 Å². The van der Waals surface area contributed by atoms with E-state index in [4.69, 9.17) is 4.74 Å². The van der Waals surface area contributed by atoms with Gasteiger partial charge in [0.05, 0.1) is 23.9 Å². The second kappa shape index (κ2) is 9.37. The van der Waals surface area contributed by atoms with Crippen molar-refractivity contribution in [2.45, 2.75) is 45.6 Å². The Labute approximate surface area is 205 Å². The Hall–Kier alpha value is -3.93. The molecule has 1 fully saturated rings. The number of carbonyl (C=O) groups excluding carboxylic acids is 2. The lowest BCUT2D eigenvalue weighted by molar-refractivity contribution is -0.132. The highest BCUT2D eigenvalue weighted by atomic mass is 16.5. The van der Waals surface area contributed by atoms with Crippen LogP contribution in [-0.4, -0.2) is 28.9 Å². The van der Waals surface area contributed by atoms with Gasteiger partial charge in [-0.25, -0.2) is 0 Å². The van der Waals surface area contributed by atoms with Crippen LogP contribution in [0.4, 0.5) is 5.69 Å². The number of amides is 1. The van der Waals surface area contributed by atoms with Crippen LogP contribution < -0.4 is 9.64 Å². The van der Waals surface area contributed by atoms with Gasteiger partial charge in [-0.1, -0.05) is 52.0 Å². The normalized spacial score (nSPS) is 17.6. The summed E-state index contributed by atoms with van der Waals surface area (Å²) in [5.74, 6) is -1.35. The predicted octanol–water partition coefficient (Wildman–Crippen LogP) is 5.58. The number of hydrogen-bond acceptors (Lipinski definition) is 5. The van der Waals surface area contributed by atoms with Gasteiger partial charge in [-0.15, -0.1) is 0 Å². The molecule has 4 rings (SSSR count). The number of hydrogen-bond donors (Lipinski definition) is 1. The molecule has 2 aromatic carbocycles. The van der Waals surface area contributed by atoms with Crippen molar-refractivity contribution in [2.24, 2.45) is 0 Å². The summed E-state index contributed by atoms with van der Waals surface area (Å²) < 4.78 is 5.51. The second-order valence-corrected chi connectivity index (χ2v) is 9.61. The lowest BCUT2D eigenvalue weighted by atomic mass is 9.85. The zero-order valence-electron chi connectivity index (χ0n) is 20.7. The van der Waals surface area contributed by atoms with Crippen molar-refractivity contribution >= 4 is 23.1 Å². The fourth-order valence-corrected chi connectivity index (χ4v) is 4.31. The van der Waals surface area contributed by atoms with E-state index in [1.54, 1.807) is 30.5 Å². The molecule has 1 aliphatic heterocycles. The van der Waals surface area contributed by atoms with Gasteiger partial charge in [0.25, 0.3) is 11.7 Å². The molecular weight excluding hydrogens is 440 g/mol. The number of aryl methyl sites for hydroxylation is 1. The van der Waals surface area contributed by atoms with Crippen molar-refractivity contribution in [1.29, 1.82) is 0 Å². The van der Waals surface area contributed by atoms with Crippen LogP contribution >= 0.6 is 0 Å². The summed E-state index contributed by atoms with van der Waals surface area (Å²) in [6, 6.07) is 17.4. The number of ketones is 1. The maximum atomic E-state index is 13.4. The van der Waals surface area contributed by atoms with Crippen molar-refractivity contribution in [3.8, 4) is 5.75 Å². The van der Waals surface area contributed by atoms with Crippen LogP contribution in [0.1, 0.15) is 56.1 Å². The van der Waals surface area contributed by atoms with Crippen molar-refractivity contribution in [1.82, 2.24) is 4.98 Å². The van der Waals surface area contributed by atoms with Gasteiger partial charge in [-0.2, -0.15) is 0 Å². The summed E-state index contributed by atoms with van der Waals surface area (Å²) in [5, 5.41) is 11.6. The summed E-state index contributed by atoms with van der Waals surface area (Å²) in [4.78, 5) is 32.6. The molecule has 1 amide bonds. The molecular formula is C29H30N2O4. The van der Waals surface area contributed by atoms with Crippen LogP contribution in [0.25, 0.3) is 5.76 Å². The molecule has 0 aliphatic carbocycles. The Morgan fingerprint density at radius 1 is 1.06 bits per heavy atom. The zero-order valence-corrected chi connectivity index (χ0v) is 20.7. The molecule has 0 radical (unpaired) electrons. The number of carbonyl (C=O) groups is 2. The first kappa shape index (κ1) is 24.2. The topological polar surface area (TPSA) is 79.7 Å². The third-order valence-electron chi connectivity index (χ3n) is 6.36. The Balaban J connectivity index is 1.96. The van der Waals surface area contributed by atoms with Crippen LogP contribution in [0.5, 0.6) is 5.75 Å². The molecule has 0 bridgehead atoms. The number of aromatic nitrogens is 1. The van der Waals surface area contributed by atoms with E-state index in [0.29, 0.717) is 22.7 Å². The first-order valence-corrected chi connectivity index (χ1v) is 11.7. The molecule has 1 aliphatic rings. The minimum absolute atomic E-state index is 0.0161. The monoisotopic (exact) mass is 470 g/mol. The number of nitrogens with zero attached hydrogens (tertiary/aromatic N) is 2. The number of aliphatic hydroxyl groups excluding tert-OH is 1. The SMILES string of the molecule is CCc1ccc(N2C(=O)C(=O)/C(=C(/O)c3cc(C(C)(C)C)ccc3OC)C2c2ccccn2)cc1. The Bertz CT molecular complexity index is 1290. The Morgan fingerprint density at radius 3 is 2.34 bits per heavy atom. The van der Waals surface area contributed by atoms with Crippen molar-refractivity contribution in [3.05, 3.63) is 94.8 Å². The maximum absolute atomic E-state index is 13.4. The fourth-order valence-electron chi connectivity index (χ4n) is 4.31. The maximum Gasteiger partial charge on any atom is 0.300 e. The fraction of sp³-hybridized carbons (Fsp3) is 0.276. The highest BCUT2D eigenvalue weighted by Gasteiger charge is 2.48. The molecule has 2 heterocycles. The van der Waals surface area contributed by atoms with Gasteiger partial charge in [-0.3, -0.25) is 19.5 Å². The molecule has 3 aromatic rings. The molecule has 180 valence electrons. The van der Waals surface area contributed by atoms with Crippen LogP contribution in [0.3, 0.4) is 0 Å². The zero-order chi connectivity index (χ0) is 25.3. The van der Waals surface area contributed by atoms with Crippen molar-refractivity contribution in [2.75, 3.05) is 12.0 Å². The highest BCUT2D eigenvalue weighted by molar-refractivity contribution is 6.51. The van der Waals surface area contributed by atoms with E-state index in [0.717, 1.165) is 17.5 Å². The molecule has 6 nitrogen and oxygen atoms in total. The highest BCUT2D eigenvalue weighted by Crippen LogP contribution is 2.43. The molecule has 1 aromatic heterocycles. The smallest absolute Gasteiger partial charge is 0.300 e. The number of aliphatic hydroxyl groups is 1. The number of Topliss-reactive ketones (excluding diaryl/α,β-unsaturated/α-hetero) is 1. The second-order valence-electron chi connectivity index (χ2n) is 9.61. The van der Waals surface area contributed by atoms with Crippen molar-refractivity contribution in [3.63, 3.8) is 0 Å². The van der Waals surface area contributed by atoms with Crippen LogP contribution in [0.15, 0.2) is 72.4 Å². The van der Waals surface area contributed by atoms with Gasteiger partial charge in [0.15, 0.2) is 0 Å². The third kappa shape index (κ3) is 4.44. The first-order chi connectivity index (χ1) is 16.7. The van der Waals surface area contributed by atoms with E-state index in [1.807, 2.05) is 43.3 Å². The summed E-state index contributed by atoms with van der Waals surface area (Å²) >= 11 is 0. The van der Waals surface area contributed by atoms with Gasteiger partial charge < -0.3 is 9.84 Å². The lowest BCUT2D eigenvalue weighted by Gasteiger charge is -2.25. The quantitative estimate of drug-likeness (QED) is 0.299.